The van der Waals surface area contributed by atoms with Crippen LogP contribution in [0.5, 0.6) is 5.75 Å². The molecule has 1 aromatic rings. The molecule has 0 heterocycles. The van der Waals surface area contributed by atoms with Crippen LogP contribution in [0.1, 0.15) is 23.2 Å². The standard InChI is InChI=1S/C13H12F3NO4/c14-7-1-2-8(9(5-7)21-12(15)16)10(18)17-6-13(3-4-13)11(19)20/h1-2,5,12H,3-4,6H2,(H,17,18)(H,19,20). The summed E-state index contributed by atoms with van der Waals surface area (Å²) < 4.78 is 41.6. The zero-order valence-corrected chi connectivity index (χ0v) is 10.7. The van der Waals surface area contributed by atoms with Crippen LogP contribution < -0.4 is 10.1 Å². The van der Waals surface area contributed by atoms with E-state index in [1.807, 2.05) is 0 Å². The third-order valence-electron chi connectivity index (χ3n) is 3.30. The maximum absolute atomic E-state index is 13.0. The van der Waals surface area contributed by atoms with Crippen molar-refractivity contribution in [2.75, 3.05) is 6.54 Å². The molecule has 1 amide bonds. The van der Waals surface area contributed by atoms with E-state index in [9.17, 15) is 22.8 Å². The number of carbonyl (C=O) groups is 2. The minimum atomic E-state index is -3.20. The van der Waals surface area contributed by atoms with Gasteiger partial charge in [-0.2, -0.15) is 8.78 Å². The van der Waals surface area contributed by atoms with Crippen molar-refractivity contribution in [1.82, 2.24) is 5.32 Å². The number of rotatable bonds is 6. The van der Waals surface area contributed by atoms with Crippen molar-refractivity contribution in [2.45, 2.75) is 19.5 Å². The van der Waals surface area contributed by atoms with E-state index in [4.69, 9.17) is 5.11 Å². The van der Waals surface area contributed by atoms with Gasteiger partial charge in [-0.25, -0.2) is 4.39 Å². The normalized spacial score (nSPS) is 15.6. The van der Waals surface area contributed by atoms with E-state index in [0.29, 0.717) is 18.9 Å². The van der Waals surface area contributed by atoms with Gasteiger partial charge in [0, 0.05) is 12.6 Å². The second kappa shape index (κ2) is 5.63. The molecule has 5 nitrogen and oxygen atoms in total. The van der Waals surface area contributed by atoms with Gasteiger partial charge in [0.15, 0.2) is 0 Å². The highest BCUT2D eigenvalue weighted by Crippen LogP contribution is 2.45. The van der Waals surface area contributed by atoms with Crippen molar-refractivity contribution >= 4 is 11.9 Å². The fourth-order valence-electron chi connectivity index (χ4n) is 1.84. The monoisotopic (exact) mass is 303 g/mol. The number of aliphatic carboxylic acids is 1. The Kier molecular flexibility index (Phi) is 4.06. The summed E-state index contributed by atoms with van der Waals surface area (Å²) in [4.78, 5) is 22.9. The van der Waals surface area contributed by atoms with Crippen LogP contribution in [0.25, 0.3) is 0 Å². The molecule has 0 unspecified atom stereocenters. The van der Waals surface area contributed by atoms with Crippen molar-refractivity contribution in [3.63, 3.8) is 0 Å². The van der Waals surface area contributed by atoms with E-state index in [2.05, 4.69) is 10.1 Å². The fourth-order valence-corrected chi connectivity index (χ4v) is 1.84. The number of alkyl halides is 2. The Morgan fingerprint density at radius 2 is 2.05 bits per heavy atom. The minimum absolute atomic E-state index is 0.118. The van der Waals surface area contributed by atoms with E-state index in [-0.39, 0.29) is 12.1 Å². The van der Waals surface area contributed by atoms with Crippen LogP contribution in [0.15, 0.2) is 18.2 Å². The molecule has 0 atom stereocenters. The van der Waals surface area contributed by atoms with E-state index in [0.717, 1.165) is 12.1 Å². The highest BCUT2D eigenvalue weighted by molar-refractivity contribution is 5.97. The quantitative estimate of drug-likeness (QED) is 0.843. The highest BCUT2D eigenvalue weighted by atomic mass is 19.3. The van der Waals surface area contributed by atoms with Crippen molar-refractivity contribution in [1.29, 1.82) is 0 Å². The predicted molar refractivity (Wildman–Crippen MR) is 64.7 cm³/mol. The number of halogens is 3. The Balaban J connectivity index is 2.10. The first-order valence-corrected chi connectivity index (χ1v) is 6.10. The first kappa shape index (κ1) is 15.1. The topological polar surface area (TPSA) is 75.6 Å². The van der Waals surface area contributed by atoms with Crippen LogP contribution in [0.3, 0.4) is 0 Å². The van der Waals surface area contributed by atoms with Gasteiger partial charge < -0.3 is 15.2 Å². The van der Waals surface area contributed by atoms with E-state index < -0.39 is 35.5 Å². The Morgan fingerprint density at radius 3 is 2.57 bits per heavy atom. The van der Waals surface area contributed by atoms with E-state index in [1.165, 1.54) is 0 Å². The van der Waals surface area contributed by atoms with Gasteiger partial charge in [0.05, 0.1) is 11.0 Å². The highest BCUT2D eigenvalue weighted by Gasteiger charge is 2.50. The molecule has 114 valence electrons. The minimum Gasteiger partial charge on any atom is -0.481 e. The Morgan fingerprint density at radius 1 is 1.38 bits per heavy atom. The second-order valence-corrected chi connectivity index (χ2v) is 4.79. The van der Waals surface area contributed by atoms with Gasteiger partial charge in [0.1, 0.15) is 11.6 Å². The number of amides is 1. The van der Waals surface area contributed by atoms with Crippen LogP contribution in [0, 0.1) is 11.2 Å². The summed E-state index contributed by atoms with van der Waals surface area (Å²) in [5.41, 5.74) is -1.27. The van der Waals surface area contributed by atoms with Gasteiger partial charge in [-0.3, -0.25) is 9.59 Å². The molecular weight excluding hydrogens is 291 g/mol. The van der Waals surface area contributed by atoms with Crippen molar-refractivity contribution < 1.29 is 32.6 Å². The maximum Gasteiger partial charge on any atom is 0.387 e. The van der Waals surface area contributed by atoms with Gasteiger partial charge >= 0.3 is 12.6 Å². The smallest absolute Gasteiger partial charge is 0.387 e. The number of hydrogen-bond donors (Lipinski definition) is 2. The summed E-state index contributed by atoms with van der Waals surface area (Å²) in [5.74, 6) is -3.24. The molecule has 1 aliphatic carbocycles. The second-order valence-electron chi connectivity index (χ2n) is 4.79. The van der Waals surface area contributed by atoms with Gasteiger partial charge in [0.2, 0.25) is 0 Å². The molecule has 1 fully saturated rings. The zero-order valence-electron chi connectivity index (χ0n) is 10.7. The predicted octanol–water partition coefficient (Wildman–Crippen LogP) is 2.02. The lowest BCUT2D eigenvalue weighted by molar-refractivity contribution is -0.143. The average Bonchev–Trinajstić information content (AvgIpc) is 3.16. The average molecular weight is 303 g/mol. The van der Waals surface area contributed by atoms with Gasteiger partial charge in [-0.05, 0) is 25.0 Å². The fraction of sp³-hybridized carbons (Fsp3) is 0.385. The van der Waals surface area contributed by atoms with E-state index >= 15 is 0 Å². The van der Waals surface area contributed by atoms with Crippen LogP contribution >= 0.6 is 0 Å². The third-order valence-corrected chi connectivity index (χ3v) is 3.30. The number of carboxylic acid groups (broad SMARTS) is 1. The number of benzene rings is 1. The molecule has 1 aliphatic rings. The van der Waals surface area contributed by atoms with Crippen LogP contribution in [-0.4, -0.2) is 30.1 Å². The molecule has 8 heteroatoms. The van der Waals surface area contributed by atoms with E-state index in [1.54, 1.807) is 0 Å². The molecule has 2 N–H and O–H groups in total. The molecule has 2 rings (SSSR count). The molecule has 1 saturated carbocycles. The summed E-state index contributed by atoms with van der Waals surface area (Å²) in [6, 6.07) is 2.60. The number of carboxylic acids is 1. The summed E-state index contributed by atoms with van der Waals surface area (Å²) in [6.45, 7) is -3.32. The lowest BCUT2D eigenvalue weighted by atomic mass is 10.1. The maximum atomic E-state index is 13.0. The first-order chi connectivity index (χ1) is 9.84. The first-order valence-electron chi connectivity index (χ1n) is 6.10. The molecule has 0 aromatic heterocycles. The van der Waals surface area contributed by atoms with Crippen molar-refractivity contribution in [2.24, 2.45) is 5.41 Å². The molecule has 0 spiro atoms. The lowest BCUT2D eigenvalue weighted by Crippen LogP contribution is -2.34. The van der Waals surface area contributed by atoms with Gasteiger partial charge in [-0.15, -0.1) is 0 Å². The third kappa shape index (κ3) is 3.45. The number of nitrogens with one attached hydrogen (secondary N) is 1. The summed E-state index contributed by atoms with van der Waals surface area (Å²) in [7, 11) is 0. The molecule has 0 aliphatic heterocycles. The SMILES string of the molecule is O=C(NCC1(C(=O)O)CC1)c1ccc(F)cc1OC(F)F. The van der Waals surface area contributed by atoms with Crippen molar-refractivity contribution in [3.8, 4) is 5.75 Å². The van der Waals surface area contributed by atoms with Crippen LogP contribution in [0.4, 0.5) is 13.2 Å². The Hall–Kier alpha value is -2.25. The largest absolute Gasteiger partial charge is 0.481 e. The lowest BCUT2D eigenvalue weighted by Gasteiger charge is -2.13. The number of ether oxygens (including phenoxy) is 1. The molecule has 1 aromatic carbocycles. The molecule has 0 saturated heterocycles. The molecule has 21 heavy (non-hydrogen) atoms. The Labute approximate surface area is 117 Å². The van der Waals surface area contributed by atoms with Gasteiger partial charge in [0.25, 0.3) is 5.91 Å². The van der Waals surface area contributed by atoms with Crippen LogP contribution in [-0.2, 0) is 4.79 Å². The molecular formula is C13H12F3NO4. The summed E-state index contributed by atoms with van der Waals surface area (Å²) in [6.07, 6.45) is 0.874. The molecule has 0 radical (unpaired) electrons. The van der Waals surface area contributed by atoms with Crippen molar-refractivity contribution in [3.05, 3.63) is 29.6 Å². The summed E-state index contributed by atoms with van der Waals surface area (Å²) >= 11 is 0. The van der Waals surface area contributed by atoms with Gasteiger partial charge in [-0.1, -0.05) is 0 Å². The molecule has 0 bridgehead atoms. The summed E-state index contributed by atoms with van der Waals surface area (Å²) in [5, 5.41) is 11.3. The Bertz CT molecular complexity index is 573. The number of hydrogen-bond acceptors (Lipinski definition) is 3. The zero-order chi connectivity index (χ0) is 15.6. The van der Waals surface area contributed by atoms with Crippen LogP contribution in [0.2, 0.25) is 0 Å². The number of carbonyl (C=O) groups excluding carboxylic acids is 1.